The molecule has 3 aromatic rings. The zero-order valence-electron chi connectivity index (χ0n) is 13.3. The molecular weight excluding hydrogens is 282 g/mol. The maximum Gasteiger partial charge on any atom is 0.159 e. The van der Waals surface area contributed by atoms with Crippen molar-refractivity contribution in [1.29, 1.82) is 0 Å². The zero-order valence-corrected chi connectivity index (χ0v) is 13.3. The number of rotatable bonds is 5. The number of anilines is 1. The highest BCUT2D eigenvalue weighted by molar-refractivity contribution is 5.44. The third-order valence-electron chi connectivity index (χ3n) is 4.15. The summed E-state index contributed by atoms with van der Waals surface area (Å²) >= 11 is 0. The molecule has 0 unspecified atom stereocenters. The monoisotopic (exact) mass is 303 g/mol. The molecule has 0 aromatic heterocycles. The van der Waals surface area contributed by atoms with Crippen molar-refractivity contribution in [2.45, 2.75) is 18.9 Å². The lowest BCUT2D eigenvalue weighted by atomic mass is 9.83. The van der Waals surface area contributed by atoms with E-state index in [0.29, 0.717) is 0 Å². The molecule has 0 spiro atoms. The Kier molecular flexibility index (Phi) is 4.33. The molecule has 0 heterocycles. The minimum absolute atomic E-state index is 0.515. The second-order valence-corrected chi connectivity index (χ2v) is 5.58. The first-order valence-corrected chi connectivity index (χ1v) is 7.90. The molecule has 23 heavy (non-hydrogen) atoms. The van der Waals surface area contributed by atoms with Crippen LogP contribution in [0.15, 0.2) is 84.9 Å². The van der Waals surface area contributed by atoms with E-state index in [4.69, 9.17) is 10.5 Å². The van der Waals surface area contributed by atoms with E-state index in [2.05, 4.69) is 55.5 Å². The van der Waals surface area contributed by atoms with E-state index >= 15 is 0 Å². The van der Waals surface area contributed by atoms with E-state index in [-0.39, 0.29) is 0 Å². The Morgan fingerprint density at radius 1 is 0.739 bits per heavy atom. The highest BCUT2D eigenvalue weighted by Gasteiger charge is 2.34. The summed E-state index contributed by atoms with van der Waals surface area (Å²) in [5.41, 5.74) is 8.30. The number of nitrogens with two attached hydrogens (primary N) is 1. The largest absolute Gasteiger partial charge is 0.478 e. The van der Waals surface area contributed by atoms with Crippen LogP contribution in [0.1, 0.15) is 24.5 Å². The van der Waals surface area contributed by atoms with Crippen LogP contribution in [0.5, 0.6) is 5.75 Å². The van der Waals surface area contributed by atoms with Crippen molar-refractivity contribution in [2.75, 3.05) is 5.73 Å². The fourth-order valence-electron chi connectivity index (χ4n) is 2.92. The summed E-state index contributed by atoms with van der Waals surface area (Å²) in [7, 11) is 0. The van der Waals surface area contributed by atoms with E-state index < -0.39 is 5.60 Å². The number of hydrogen-bond donors (Lipinski definition) is 1. The van der Waals surface area contributed by atoms with Crippen LogP contribution in [-0.2, 0) is 5.60 Å². The van der Waals surface area contributed by atoms with Gasteiger partial charge in [-0.25, -0.2) is 0 Å². The van der Waals surface area contributed by atoms with Crippen LogP contribution >= 0.6 is 0 Å². The van der Waals surface area contributed by atoms with Gasteiger partial charge in [-0.05, 0) is 41.8 Å². The fourth-order valence-corrected chi connectivity index (χ4v) is 2.92. The van der Waals surface area contributed by atoms with Gasteiger partial charge in [-0.2, -0.15) is 0 Å². The van der Waals surface area contributed by atoms with Gasteiger partial charge in [0, 0.05) is 5.69 Å². The third kappa shape index (κ3) is 3.07. The van der Waals surface area contributed by atoms with Gasteiger partial charge in [0.15, 0.2) is 5.60 Å². The average Bonchev–Trinajstić information content (AvgIpc) is 2.63. The van der Waals surface area contributed by atoms with Crippen molar-refractivity contribution in [3.8, 4) is 5.75 Å². The molecule has 3 rings (SSSR count). The standard InChI is InChI=1S/C21H21NO/c1-2-21(17-9-5-3-6-10-17,18-11-7-4-8-12-18)23-20-15-13-19(22)14-16-20/h3-16H,2,22H2,1H3. The first kappa shape index (κ1) is 15.2. The minimum Gasteiger partial charge on any atom is -0.478 e. The summed E-state index contributed by atoms with van der Waals surface area (Å²) in [4.78, 5) is 0. The van der Waals surface area contributed by atoms with Crippen LogP contribution in [-0.4, -0.2) is 0 Å². The second kappa shape index (κ2) is 6.57. The Bertz CT molecular complexity index is 696. The van der Waals surface area contributed by atoms with Crippen LogP contribution < -0.4 is 10.5 Å². The molecule has 2 nitrogen and oxygen atoms in total. The van der Waals surface area contributed by atoms with Gasteiger partial charge in [0.2, 0.25) is 0 Å². The lowest BCUT2D eigenvalue weighted by molar-refractivity contribution is 0.106. The SMILES string of the molecule is CCC(Oc1ccc(N)cc1)(c1ccccc1)c1ccccc1. The molecule has 0 radical (unpaired) electrons. The second-order valence-electron chi connectivity index (χ2n) is 5.58. The normalized spacial score (nSPS) is 11.2. The Balaban J connectivity index is 2.11. The topological polar surface area (TPSA) is 35.2 Å². The van der Waals surface area contributed by atoms with Gasteiger partial charge in [-0.15, -0.1) is 0 Å². The van der Waals surface area contributed by atoms with E-state index in [1.54, 1.807) is 0 Å². The van der Waals surface area contributed by atoms with Crippen LogP contribution in [0.2, 0.25) is 0 Å². The van der Waals surface area contributed by atoms with E-state index in [9.17, 15) is 0 Å². The smallest absolute Gasteiger partial charge is 0.159 e. The molecular formula is C21H21NO. The quantitative estimate of drug-likeness (QED) is 0.673. The molecule has 0 aliphatic rings. The van der Waals surface area contributed by atoms with Gasteiger partial charge >= 0.3 is 0 Å². The summed E-state index contributed by atoms with van der Waals surface area (Å²) < 4.78 is 6.52. The van der Waals surface area contributed by atoms with Gasteiger partial charge in [-0.1, -0.05) is 67.6 Å². The molecule has 0 amide bonds. The predicted octanol–water partition coefficient (Wildman–Crippen LogP) is 5.00. The Hall–Kier alpha value is -2.74. The van der Waals surface area contributed by atoms with Gasteiger partial charge in [0.25, 0.3) is 0 Å². The average molecular weight is 303 g/mol. The van der Waals surface area contributed by atoms with E-state index in [0.717, 1.165) is 29.0 Å². The molecule has 0 aliphatic carbocycles. The van der Waals surface area contributed by atoms with Crippen LogP contribution in [0.25, 0.3) is 0 Å². The summed E-state index contributed by atoms with van der Waals surface area (Å²) in [6, 6.07) is 28.3. The molecule has 0 aliphatic heterocycles. The summed E-state index contributed by atoms with van der Waals surface area (Å²) in [5, 5.41) is 0. The molecule has 116 valence electrons. The Morgan fingerprint density at radius 3 is 1.65 bits per heavy atom. The number of hydrogen-bond acceptors (Lipinski definition) is 2. The minimum atomic E-state index is -0.515. The lowest BCUT2D eigenvalue weighted by Crippen LogP contribution is -2.33. The van der Waals surface area contributed by atoms with Gasteiger partial charge < -0.3 is 10.5 Å². The van der Waals surface area contributed by atoms with Gasteiger partial charge in [-0.3, -0.25) is 0 Å². The van der Waals surface area contributed by atoms with Crippen molar-refractivity contribution >= 4 is 5.69 Å². The van der Waals surface area contributed by atoms with Crippen molar-refractivity contribution in [2.24, 2.45) is 0 Å². The molecule has 0 saturated heterocycles. The summed E-state index contributed by atoms with van der Waals surface area (Å²) in [6.07, 6.45) is 0.825. The fraction of sp³-hybridized carbons (Fsp3) is 0.143. The predicted molar refractivity (Wildman–Crippen MR) is 95.4 cm³/mol. The first-order chi connectivity index (χ1) is 11.2. The van der Waals surface area contributed by atoms with Crippen molar-refractivity contribution in [1.82, 2.24) is 0 Å². The van der Waals surface area contributed by atoms with Crippen molar-refractivity contribution < 1.29 is 4.74 Å². The molecule has 0 fully saturated rings. The zero-order chi connectivity index (χ0) is 16.1. The molecule has 0 atom stereocenters. The third-order valence-corrected chi connectivity index (χ3v) is 4.15. The van der Waals surface area contributed by atoms with E-state index in [1.807, 2.05) is 36.4 Å². The molecule has 0 saturated carbocycles. The highest BCUT2D eigenvalue weighted by Crippen LogP contribution is 2.38. The maximum atomic E-state index is 6.52. The Labute approximate surface area is 137 Å². The van der Waals surface area contributed by atoms with Crippen molar-refractivity contribution in [3.63, 3.8) is 0 Å². The highest BCUT2D eigenvalue weighted by atomic mass is 16.5. The summed E-state index contributed by atoms with van der Waals surface area (Å²) in [6.45, 7) is 2.15. The molecule has 0 bridgehead atoms. The first-order valence-electron chi connectivity index (χ1n) is 7.90. The van der Waals surface area contributed by atoms with Crippen LogP contribution in [0.4, 0.5) is 5.69 Å². The number of nitrogen functional groups attached to an aromatic ring is 1. The van der Waals surface area contributed by atoms with E-state index in [1.165, 1.54) is 0 Å². The number of ether oxygens (including phenoxy) is 1. The van der Waals surface area contributed by atoms with Crippen molar-refractivity contribution in [3.05, 3.63) is 96.1 Å². The molecule has 2 N–H and O–H groups in total. The maximum absolute atomic E-state index is 6.52. The summed E-state index contributed by atoms with van der Waals surface area (Å²) in [5.74, 6) is 0.814. The van der Waals surface area contributed by atoms with Crippen LogP contribution in [0.3, 0.4) is 0 Å². The van der Waals surface area contributed by atoms with Crippen LogP contribution in [0, 0.1) is 0 Å². The van der Waals surface area contributed by atoms with Gasteiger partial charge in [0.1, 0.15) is 5.75 Å². The molecule has 3 aromatic carbocycles. The van der Waals surface area contributed by atoms with Gasteiger partial charge in [0.05, 0.1) is 0 Å². The number of benzene rings is 3. The lowest BCUT2D eigenvalue weighted by Gasteiger charge is -2.35. The Morgan fingerprint density at radius 2 is 1.22 bits per heavy atom. The molecule has 2 heteroatoms.